The maximum Gasteiger partial charge on any atom is 0.234 e. The Hall–Kier alpha value is -3.03. The minimum absolute atomic E-state index is 0.116. The number of halogens is 1. The zero-order valence-corrected chi connectivity index (χ0v) is 17.1. The molecule has 2 aromatic heterocycles. The Bertz CT molecular complexity index is 1120. The summed E-state index contributed by atoms with van der Waals surface area (Å²) in [6.07, 6.45) is 1.58. The molecule has 1 amide bonds. The van der Waals surface area contributed by atoms with Crippen LogP contribution in [0, 0.1) is 6.92 Å². The molecule has 1 N–H and O–H groups in total. The molecule has 0 fully saturated rings. The first-order valence-corrected chi connectivity index (χ1v) is 10.2. The second-order valence-electron chi connectivity index (χ2n) is 6.25. The van der Waals surface area contributed by atoms with Crippen molar-refractivity contribution in [2.45, 2.75) is 12.1 Å². The quantitative estimate of drug-likeness (QED) is 0.429. The van der Waals surface area contributed by atoms with E-state index in [0.717, 1.165) is 16.9 Å². The van der Waals surface area contributed by atoms with Gasteiger partial charge in [0.15, 0.2) is 10.9 Å². The van der Waals surface area contributed by atoms with E-state index in [1.54, 1.807) is 24.5 Å². The lowest BCUT2D eigenvalue weighted by molar-refractivity contribution is -0.113. The van der Waals surface area contributed by atoms with Gasteiger partial charge in [0.05, 0.1) is 12.0 Å². The molecule has 2 heterocycles. The number of hydrogen-bond acceptors (Lipinski definition) is 5. The van der Waals surface area contributed by atoms with Crippen LogP contribution < -0.4 is 5.32 Å². The summed E-state index contributed by atoms with van der Waals surface area (Å²) in [4.78, 5) is 12.4. The summed E-state index contributed by atoms with van der Waals surface area (Å²) in [7, 11) is 0. The molecule has 0 saturated heterocycles. The number of carbonyl (C=O) groups is 1. The van der Waals surface area contributed by atoms with Crippen LogP contribution in [0.4, 0.5) is 5.69 Å². The number of nitrogens with zero attached hydrogens (tertiary/aromatic N) is 3. The topological polar surface area (TPSA) is 73.0 Å². The number of hydrogen-bond donors (Lipinski definition) is 1. The molecular weight excluding hydrogens is 408 g/mol. The molecule has 0 unspecified atom stereocenters. The number of anilines is 1. The molecule has 0 bridgehead atoms. The average Bonchev–Trinajstić information content (AvgIpc) is 3.38. The largest absolute Gasteiger partial charge is 0.461 e. The Kier molecular flexibility index (Phi) is 5.69. The second kappa shape index (κ2) is 8.55. The predicted octanol–water partition coefficient (Wildman–Crippen LogP) is 5.22. The molecule has 0 aliphatic heterocycles. The van der Waals surface area contributed by atoms with E-state index in [1.165, 1.54) is 11.8 Å². The van der Waals surface area contributed by atoms with Crippen LogP contribution in [0.3, 0.4) is 0 Å². The molecule has 2 aromatic carbocycles. The van der Waals surface area contributed by atoms with Gasteiger partial charge in [-0.05, 0) is 55.0 Å². The lowest BCUT2D eigenvalue weighted by Crippen LogP contribution is -2.15. The molecule has 4 rings (SSSR count). The Labute approximate surface area is 176 Å². The van der Waals surface area contributed by atoms with Crippen molar-refractivity contribution in [3.05, 3.63) is 77.5 Å². The monoisotopic (exact) mass is 424 g/mol. The fourth-order valence-corrected chi connectivity index (χ4v) is 3.66. The third-order valence-corrected chi connectivity index (χ3v) is 5.39. The first-order valence-electron chi connectivity index (χ1n) is 8.85. The first kappa shape index (κ1) is 19.3. The molecule has 0 radical (unpaired) electrons. The maximum atomic E-state index is 12.4. The zero-order chi connectivity index (χ0) is 20.2. The van der Waals surface area contributed by atoms with Gasteiger partial charge in [-0.25, -0.2) is 0 Å². The molecule has 0 aliphatic rings. The Balaban J connectivity index is 1.58. The predicted molar refractivity (Wildman–Crippen MR) is 115 cm³/mol. The summed E-state index contributed by atoms with van der Waals surface area (Å²) >= 11 is 7.33. The summed E-state index contributed by atoms with van der Waals surface area (Å²) in [6.45, 7) is 1.95. The second-order valence-corrected chi connectivity index (χ2v) is 7.63. The van der Waals surface area contributed by atoms with Gasteiger partial charge in [-0.1, -0.05) is 41.6 Å². The van der Waals surface area contributed by atoms with Gasteiger partial charge in [0.25, 0.3) is 0 Å². The maximum absolute atomic E-state index is 12.4. The van der Waals surface area contributed by atoms with Crippen molar-refractivity contribution in [1.82, 2.24) is 14.8 Å². The van der Waals surface area contributed by atoms with Crippen molar-refractivity contribution in [2.75, 3.05) is 11.1 Å². The normalized spacial score (nSPS) is 10.8. The van der Waals surface area contributed by atoms with Gasteiger partial charge in [-0.15, -0.1) is 10.2 Å². The van der Waals surface area contributed by atoms with E-state index in [9.17, 15) is 4.79 Å². The van der Waals surface area contributed by atoms with Crippen molar-refractivity contribution in [3.63, 3.8) is 0 Å². The van der Waals surface area contributed by atoms with Gasteiger partial charge in [0, 0.05) is 16.4 Å². The van der Waals surface area contributed by atoms with Crippen LogP contribution in [0.15, 0.2) is 76.5 Å². The molecule has 4 aromatic rings. The Morgan fingerprint density at radius 3 is 2.62 bits per heavy atom. The fraction of sp³-hybridized carbons (Fsp3) is 0.0952. The highest BCUT2D eigenvalue weighted by molar-refractivity contribution is 7.99. The Morgan fingerprint density at radius 2 is 1.90 bits per heavy atom. The lowest BCUT2D eigenvalue weighted by Gasteiger charge is -2.10. The third kappa shape index (κ3) is 4.36. The smallest absolute Gasteiger partial charge is 0.234 e. The van der Waals surface area contributed by atoms with Crippen molar-refractivity contribution in [1.29, 1.82) is 0 Å². The summed E-state index contributed by atoms with van der Waals surface area (Å²) in [6, 6.07) is 18.6. The number of amides is 1. The molecule has 0 aliphatic carbocycles. The molecule has 0 atom stereocenters. The van der Waals surface area contributed by atoms with E-state index in [4.69, 9.17) is 16.0 Å². The van der Waals surface area contributed by atoms with Gasteiger partial charge in [0.1, 0.15) is 0 Å². The zero-order valence-electron chi connectivity index (χ0n) is 15.5. The minimum atomic E-state index is -0.116. The van der Waals surface area contributed by atoms with Gasteiger partial charge < -0.3 is 9.73 Å². The highest BCUT2D eigenvalue weighted by Crippen LogP contribution is 2.29. The van der Waals surface area contributed by atoms with E-state index < -0.39 is 0 Å². The number of benzene rings is 2. The lowest BCUT2D eigenvalue weighted by atomic mass is 10.2. The van der Waals surface area contributed by atoms with E-state index in [-0.39, 0.29) is 11.7 Å². The summed E-state index contributed by atoms with van der Waals surface area (Å²) in [5.41, 5.74) is 2.64. The highest BCUT2D eigenvalue weighted by atomic mass is 35.5. The van der Waals surface area contributed by atoms with Crippen LogP contribution in [-0.4, -0.2) is 26.4 Å². The van der Waals surface area contributed by atoms with Gasteiger partial charge in [-0.3, -0.25) is 9.36 Å². The molecule has 0 saturated carbocycles. The number of aryl methyl sites for hydroxylation is 1. The van der Waals surface area contributed by atoms with Crippen LogP contribution in [0.5, 0.6) is 0 Å². The van der Waals surface area contributed by atoms with Crippen molar-refractivity contribution < 1.29 is 9.21 Å². The number of thioether (sulfide) groups is 1. The summed E-state index contributed by atoms with van der Waals surface area (Å²) in [5.74, 6) is 1.22. The number of aromatic nitrogens is 3. The molecule has 8 heteroatoms. The van der Waals surface area contributed by atoms with Crippen LogP contribution in [-0.2, 0) is 4.79 Å². The molecule has 146 valence electrons. The number of nitrogens with one attached hydrogen (secondary N) is 1. The Morgan fingerprint density at radius 1 is 1.10 bits per heavy atom. The number of rotatable bonds is 6. The van der Waals surface area contributed by atoms with Crippen LogP contribution in [0.2, 0.25) is 5.02 Å². The average molecular weight is 425 g/mol. The van der Waals surface area contributed by atoms with Crippen molar-refractivity contribution >= 4 is 35.0 Å². The summed E-state index contributed by atoms with van der Waals surface area (Å²) in [5, 5.41) is 12.7. The van der Waals surface area contributed by atoms with Crippen molar-refractivity contribution in [2.24, 2.45) is 0 Å². The first-order chi connectivity index (χ1) is 14.1. The van der Waals surface area contributed by atoms with E-state index in [0.29, 0.717) is 21.8 Å². The fourth-order valence-electron chi connectivity index (χ4n) is 2.78. The highest BCUT2D eigenvalue weighted by Gasteiger charge is 2.19. The number of carbonyl (C=O) groups excluding carboxylic acids is 1. The summed E-state index contributed by atoms with van der Waals surface area (Å²) < 4.78 is 7.35. The molecule has 29 heavy (non-hydrogen) atoms. The van der Waals surface area contributed by atoms with Crippen LogP contribution in [0.25, 0.3) is 17.3 Å². The van der Waals surface area contributed by atoms with Crippen LogP contribution >= 0.6 is 23.4 Å². The molecule has 0 spiro atoms. The minimum Gasteiger partial charge on any atom is -0.461 e. The third-order valence-electron chi connectivity index (χ3n) is 4.21. The van der Waals surface area contributed by atoms with Crippen molar-refractivity contribution in [3.8, 4) is 17.3 Å². The standard InChI is InChI=1S/C21H17ClN4O2S/c1-14-5-2-3-6-17(14)23-19(27)13-29-21-25-24-20(18-7-4-12-28-18)26(21)16-10-8-15(22)9-11-16/h2-12H,13H2,1H3,(H,23,27). The van der Waals surface area contributed by atoms with E-state index >= 15 is 0 Å². The van der Waals surface area contributed by atoms with Crippen LogP contribution in [0.1, 0.15) is 5.56 Å². The van der Waals surface area contributed by atoms with Gasteiger partial charge >= 0.3 is 0 Å². The van der Waals surface area contributed by atoms with E-state index in [2.05, 4.69) is 15.5 Å². The molecular formula is C21H17ClN4O2S. The van der Waals surface area contributed by atoms with Gasteiger partial charge in [-0.2, -0.15) is 0 Å². The number of furan rings is 1. The molecule has 6 nitrogen and oxygen atoms in total. The number of para-hydroxylation sites is 1. The SMILES string of the molecule is Cc1ccccc1NC(=O)CSc1nnc(-c2ccco2)n1-c1ccc(Cl)cc1. The van der Waals surface area contributed by atoms with Gasteiger partial charge in [0.2, 0.25) is 11.7 Å². The van der Waals surface area contributed by atoms with E-state index in [1.807, 2.05) is 54.0 Å².